The molecular formula is C10H9NO4. The molecule has 0 radical (unpaired) electrons. The number of aryl methyl sites for hydroxylation is 1. The molecule has 2 rings (SSSR count). The second kappa shape index (κ2) is 3.68. The number of hydrogen-bond donors (Lipinski definition) is 0. The standard InChI is InChI=1S/C10H9NO4/c1-6-10-7(4-5-11-6)14-8(12)2-3-9(13)15-10/h4-5H,2-3H2,1H3. The molecule has 1 aliphatic rings. The Balaban J connectivity index is 2.45. The predicted octanol–water partition coefficient (Wildman–Crippen LogP) is 0.995. The van der Waals surface area contributed by atoms with Gasteiger partial charge in [0.1, 0.15) is 0 Å². The SMILES string of the molecule is Cc1nccc2c1OC(=O)CCC(=O)O2. The Morgan fingerprint density at radius 1 is 1.20 bits per heavy atom. The highest BCUT2D eigenvalue weighted by molar-refractivity contribution is 5.83. The Morgan fingerprint density at radius 2 is 1.87 bits per heavy atom. The van der Waals surface area contributed by atoms with Gasteiger partial charge in [0.2, 0.25) is 0 Å². The van der Waals surface area contributed by atoms with Crippen molar-refractivity contribution in [1.82, 2.24) is 4.98 Å². The number of nitrogens with zero attached hydrogens (tertiary/aromatic N) is 1. The van der Waals surface area contributed by atoms with E-state index in [1.807, 2.05) is 0 Å². The Bertz CT molecular complexity index is 427. The first-order valence-electron chi connectivity index (χ1n) is 4.54. The third kappa shape index (κ3) is 1.96. The van der Waals surface area contributed by atoms with Crippen molar-refractivity contribution >= 4 is 11.9 Å². The number of carbonyl (C=O) groups excluding carboxylic acids is 2. The zero-order valence-electron chi connectivity index (χ0n) is 8.15. The van der Waals surface area contributed by atoms with E-state index >= 15 is 0 Å². The summed E-state index contributed by atoms with van der Waals surface area (Å²) >= 11 is 0. The summed E-state index contributed by atoms with van der Waals surface area (Å²) in [5, 5.41) is 0. The molecule has 0 aromatic carbocycles. The van der Waals surface area contributed by atoms with E-state index in [4.69, 9.17) is 9.47 Å². The Morgan fingerprint density at radius 3 is 2.60 bits per heavy atom. The van der Waals surface area contributed by atoms with Crippen molar-refractivity contribution in [2.24, 2.45) is 0 Å². The van der Waals surface area contributed by atoms with Crippen molar-refractivity contribution in [3.8, 4) is 11.5 Å². The maximum absolute atomic E-state index is 11.2. The van der Waals surface area contributed by atoms with Crippen LogP contribution in [0, 0.1) is 6.92 Å². The molecular weight excluding hydrogens is 198 g/mol. The van der Waals surface area contributed by atoms with E-state index in [9.17, 15) is 9.59 Å². The number of esters is 2. The number of carbonyl (C=O) groups is 2. The van der Waals surface area contributed by atoms with Crippen molar-refractivity contribution in [2.45, 2.75) is 19.8 Å². The minimum atomic E-state index is -0.441. The lowest BCUT2D eigenvalue weighted by molar-refractivity contribution is -0.142. The fraction of sp³-hybridized carbons (Fsp3) is 0.300. The number of fused-ring (bicyclic) bond motifs is 1. The molecule has 0 atom stereocenters. The smallest absolute Gasteiger partial charge is 0.311 e. The molecule has 0 aliphatic carbocycles. The molecule has 0 saturated carbocycles. The number of pyridine rings is 1. The van der Waals surface area contributed by atoms with Crippen LogP contribution in [0.4, 0.5) is 0 Å². The molecule has 1 aromatic rings. The molecule has 0 bridgehead atoms. The van der Waals surface area contributed by atoms with E-state index in [0.717, 1.165) is 0 Å². The molecule has 5 nitrogen and oxygen atoms in total. The van der Waals surface area contributed by atoms with Crippen LogP contribution in [-0.2, 0) is 9.59 Å². The van der Waals surface area contributed by atoms with Crippen molar-refractivity contribution in [3.05, 3.63) is 18.0 Å². The Kier molecular flexibility index (Phi) is 2.37. The van der Waals surface area contributed by atoms with E-state index in [1.165, 1.54) is 12.3 Å². The molecule has 0 spiro atoms. The van der Waals surface area contributed by atoms with Gasteiger partial charge in [-0.2, -0.15) is 0 Å². The van der Waals surface area contributed by atoms with Crippen LogP contribution >= 0.6 is 0 Å². The minimum Gasteiger partial charge on any atom is -0.422 e. The second-order valence-electron chi connectivity index (χ2n) is 3.17. The number of aromatic nitrogens is 1. The van der Waals surface area contributed by atoms with Gasteiger partial charge in [-0.1, -0.05) is 0 Å². The maximum atomic E-state index is 11.2. The molecule has 0 saturated heterocycles. The summed E-state index contributed by atoms with van der Waals surface area (Å²) in [6.07, 6.45) is 1.57. The summed E-state index contributed by atoms with van der Waals surface area (Å²) < 4.78 is 10.0. The van der Waals surface area contributed by atoms with Gasteiger partial charge in [0.25, 0.3) is 0 Å². The van der Waals surface area contributed by atoms with Crippen molar-refractivity contribution in [3.63, 3.8) is 0 Å². The molecule has 5 heteroatoms. The summed E-state index contributed by atoms with van der Waals surface area (Å²) in [4.78, 5) is 26.4. The van der Waals surface area contributed by atoms with E-state index in [1.54, 1.807) is 6.92 Å². The number of rotatable bonds is 0. The zero-order chi connectivity index (χ0) is 10.8. The van der Waals surface area contributed by atoms with E-state index in [0.29, 0.717) is 5.69 Å². The van der Waals surface area contributed by atoms with Crippen LogP contribution in [0.5, 0.6) is 11.5 Å². The van der Waals surface area contributed by atoms with E-state index in [2.05, 4.69) is 4.98 Å². The van der Waals surface area contributed by atoms with Crippen LogP contribution < -0.4 is 9.47 Å². The predicted molar refractivity (Wildman–Crippen MR) is 49.5 cm³/mol. The fourth-order valence-electron chi connectivity index (χ4n) is 1.28. The normalized spacial score (nSPS) is 15.8. The Hall–Kier alpha value is -1.91. The van der Waals surface area contributed by atoms with E-state index in [-0.39, 0.29) is 24.3 Å². The van der Waals surface area contributed by atoms with Gasteiger partial charge in [-0.15, -0.1) is 0 Å². The summed E-state index contributed by atoms with van der Waals surface area (Å²) in [6.45, 7) is 1.68. The van der Waals surface area contributed by atoms with Crippen molar-refractivity contribution in [2.75, 3.05) is 0 Å². The first-order chi connectivity index (χ1) is 7.16. The molecule has 0 fully saturated rings. The molecule has 0 unspecified atom stereocenters. The van der Waals surface area contributed by atoms with Gasteiger partial charge in [0.05, 0.1) is 18.5 Å². The third-order valence-corrected chi connectivity index (χ3v) is 2.02. The first kappa shape index (κ1) is 9.64. The number of ether oxygens (including phenoxy) is 2. The first-order valence-corrected chi connectivity index (χ1v) is 4.54. The van der Waals surface area contributed by atoms with Crippen molar-refractivity contribution in [1.29, 1.82) is 0 Å². The molecule has 0 N–H and O–H groups in total. The average Bonchev–Trinajstić information content (AvgIpc) is 2.18. The monoisotopic (exact) mass is 207 g/mol. The van der Waals surface area contributed by atoms with Crippen LogP contribution in [0.25, 0.3) is 0 Å². The van der Waals surface area contributed by atoms with Gasteiger partial charge in [-0.05, 0) is 6.92 Å². The Labute approximate surface area is 86.0 Å². The van der Waals surface area contributed by atoms with Crippen LogP contribution in [0.2, 0.25) is 0 Å². The third-order valence-electron chi connectivity index (χ3n) is 2.02. The summed E-state index contributed by atoms with van der Waals surface area (Å²) in [5.74, 6) is -0.390. The molecule has 0 amide bonds. The largest absolute Gasteiger partial charge is 0.422 e. The average molecular weight is 207 g/mol. The van der Waals surface area contributed by atoms with Crippen LogP contribution in [0.15, 0.2) is 12.3 Å². The zero-order valence-corrected chi connectivity index (χ0v) is 8.15. The summed E-state index contributed by atoms with van der Waals surface area (Å²) in [5.41, 5.74) is 0.524. The van der Waals surface area contributed by atoms with Gasteiger partial charge >= 0.3 is 11.9 Å². The topological polar surface area (TPSA) is 65.5 Å². The number of hydrogen-bond acceptors (Lipinski definition) is 5. The van der Waals surface area contributed by atoms with Gasteiger partial charge in [0.15, 0.2) is 11.5 Å². The lowest BCUT2D eigenvalue weighted by Gasteiger charge is -2.14. The lowest BCUT2D eigenvalue weighted by atomic mass is 10.2. The highest BCUT2D eigenvalue weighted by atomic mass is 16.6. The van der Waals surface area contributed by atoms with Gasteiger partial charge in [-0.25, -0.2) is 0 Å². The van der Waals surface area contributed by atoms with Crippen LogP contribution in [0.1, 0.15) is 18.5 Å². The van der Waals surface area contributed by atoms with Gasteiger partial charge in [0, 0.05) is 12.3 Å². The van der Waals surface area contributed by atoms with E-state index < -0.39 is 11.9 Å². The molecule has 15 heavy (non-hydrogen) atoms. The van der Waals surface area contributed by atoms with Crippen LogP contribution in [-0.4, -0.2) is 16.9 Å². The molecule has 78 valence electrons. The van der Waals surface area contributed by atoms with Crippen LogP contribution in [0.3, 0.4) is 0 Å². The maximum Gasteiger partial charge on any atom is 0.311 e. The molecule has 1 aromatic heterocycles. The minimum absolute atomic E-state index is 0.0343. The second-order valence-corrected chi connectivity index (χ2v) is 3.17. The fourth-order valence-corrected chi connectivity index (χ4v) is 1.28. The lowest BCUT2D eigenvalue weighted by Crippen LogP contribution is -2.19. The van der Waals surface area contributed by atoms with Gasteiger partial charge in [-0.3, -0.25) is 14.6 Å². The summed E-state index contributed by atoms with van der Waals surface area (Å²) in [6, 6.07) is 1.50. The van der Waals surface area contributed by atoms with Gasteiger partial charge < -0.3 is 9.47 Å². The highest BCUT2D eigenvalue weighted by Crippen LogP contribution is 2.31. The quantitative estimate of drug-likeness (QED) is 0.593. The highest BCUT2D eigenvalue weighted by Gasteiger charge is 2.21. The van der Waals surface area contributed by atoms with Crippen molar-refractivity contribution < 1.29 is 19.1 Å². The summed E-state index contributed by atoms with van der Waals surface area (Å²) in [7, 11) is 0. The molecule has 2 heterocycles. The molecule has 1 aliphatic heterocycles.